The first kappa shape index (κ1) is 14.0. The highest BCUT2D eigenvalue weighted by Gasteiger charge is 2.16. The van der Waals surface area contributed by atoms with Crippen LogP contribution in [0.3, 0.4) is 0 Å². The minimum atomic E-state index is -0.0200. The highest BCUT2D eigenvalue weighted by atomic mass is 35.5. The van der Waals surface area contributed by atoms with Gasteiger partial charge in [-0.1, -0.05) is 0 Å². The fourth-order valence-electron chi connectivity index (χ4n) is 1.90. The van der Waals surface area contributed by atoms with Crippen LogP contribution in [0.2, 0.25) is 0 Å². The van der Waals surface area contributed by atoms with Crippen LogP contribution in [0.5, 0.6) is 0 Å². The highest BCUT2D eigenvalue weighted by Crippen LogP contribution is 2.04. The Kier molecular flexibility index (Phi) is 5.44. The lowest BCUT2D eigenvalue weighted by Crippen LogP contribution is -2.45. The Balaban J connectivity index is 0.00000144. The number of piperidine rings is 1. The molecule has 0 aromatic carbocycles. The predicted molar refractivity (Wildman–Crippen MR) is 68.5 cm³/mol. The molecular formula is C11H19ClN4O. The van der Waals surface area contributed by atoms with E-state index in [1.165, 1.54) is 0 Å². The molecular weight excluding hydrogens is 240 g/mol. The van der Waals surface area contributed by atoms with Crippen LogP contribution in [0.25, 0.3) is 0 Å². The maximum absolute atomic E-state index is 11.8. The van der Waals surface area contributed by atoms with Crippen LogP contribution >= 0.6 is 12.4 Å². The molecule has 1 atom stereocenters. The number of carbonyl (C=O) groups excluding carboxylic acids is 1. The number of hydrogen-bond donors (Lipinski definition) is 2. The second-order valence-corrected chi connectivity index (χ2v) is 4.10. The van der Waals surface area contributed by atoms with Gasteiger partial charge in [0, 0.05) is 25.3 Å². The van der Waals surface area contributed by atoms with Gasteiger partial charge in [-0.2, -0.15) is 5.10 Å². The van der Waals surface area contributed by atoms with Gasteiger partial charge in [0.05, 0.1) is 11.8 Å². The zero-order valence-corrected chi connectivity index (χ0v) is 10.8. The van der Waals surface area contributed by atoms with Crippen molar-refractivity contribution in [3.63, 3.8) is 0 Å². The second-order valence-electron chi connectivity index (χ2n) is 4.10. The highest BCUT2D eigenvalue weighted by molar-refractivity contribution is 5.93. The molecule has 17 heavy (non-hydrogen) atoms. The number of rotatable bonds is 3. The first-order chi connectivity index (χ1) is 7.79. The maximum Gasteiger partial charge on any atom is 0.254 e. The van der Waals surface area contributed by atoms with Gasteiger partial charge in [-0.3, -0.25) is 9.48 Å². The van der Waals surface area contributed by atoms with Gasteiger partial charge in [0.2, 0.25) is 0 Å². The fraction of sp³-hybridized carbons (Fsp3) is 0.636. The van der Waals surface area contributed by atoms with Crippen molar-refractivity contribution >= 4 is 18.3 Å². The van der Waals surface area contributed by atoms with Gasteiger partial charge in [0.15, 0.2) is 0 Å². The van der Waals surface area contributed by atoms with Crippen molar-refractivity contribution in [1.82, 2.24) is 20.4 Å². The summed E-state index contributed by atoms with van der Waals surface area (Å²) in [7, 11) is 0. The number of nitrogens with zero attached hydrogens (tertiary/aromatic N) is 2. The van der Waals surface area contributed by atoms with Gasteiger partial charge < -0.3 is 10.6 Å². The number of hydrogen-bond acceptors (Lipinski definition) is 3. The van der Waals surface area contributed by atoms with Crippen LogP contribution in [-0.2, 0) is 6.54 Å². The van der Waals surface area contributed by atoms with E-state index in [1.807, 2.05) is 6.92 Å². The molecule has 0 saturated carbocycles. The Bertz CT molecular complexity index is 360. The molecule has 1 amide bonds. The van der Waals surface area contributed by atoms with Crippen LogP contribution in [0.1, 0.15) is 30.1 Å². The standard InChI is InChI=1S/C11H18N4O.ClH/c1-2-15-8-9(6-13-15)11(16)14-10-4-3-5-12-7-10;/h6,8,10,12H,2-5,7H2,1H3,(H,14,16);1H. The van der Waals surface area contributed by atoms with Gasteiger partial charge in [-0.15, -0.1) is 12.4 Å². The second kappa shape index (κ2) is 6.61. The Morgan fingerprint density at radius 3 is 3.12 bits per heavy atom. The van der Waals surface area contributed by atoms with Crippen LogP contribution in [-0.4, -0.2) is 34.8 Å². The van der Waals surface area contributed by atoms with E-state index in [1.54, 1.807) is 17.1 Å². The molecule has 1 aliphatic heterocycles. The lowest BCUT2D eigenvalue weighted by Gasteiger charge is -2.23. The molecule has 5 nitrogen and oxygen atoms in total. The molecule has 1 aromatic rings. The Morgan fingerprint density at radius 1 is 1.71 bits per heavy atom. The van der Waals surface area contributed by atoms with Crippen LogP contribution < -0.4 is 10.6 Å². The van der Waals surface area contributed by atoms with Gasteiger partial charge in [0.25, 0.3) is 5.91 Å². The van der Waals surface area contributed by atoms with Crippen LogP contribution in [0.15, 0.2) is 12.4 Å². The molecule has 2 N–H and O–H groups in total. The monoisotopic (exact) mass is 258 g/mol. The van der Waals surface area contributed by atoms with E-state index in [0.29, 0.717) is 5.56 Å². The zero-order chi connectivity index (χ0) is 11.4. The maximum atomic E-state index is 11.8. The summed E-state index contributed by atoms with van der Waals surface area (Å²) in [5.41, 5.74) is 0.646. The quantitative estimate of drug-likeness (QED) is 0.844. The molecule has 1 aromatic heterocycles. The molecule has 96 valence electrons. The van der Waals surface area contributed by atoms with E-state index in [0.717, 1.165) is 32.5 Å². The number of carbonyl (C=O) groups is 1. The molecule has 1 unspecified atom stereocenters. The summed E-state index contributed by atoms with van der Waals surface area (Å²) in [6.45, 7) is 4.71. The van der Waals surface area contributed by atoms with Gasteiger partial charge in [-0.05, 0) is 26.3 Å². The molecule has 6 heteroatoms. The van der Waals surface area contributed by atoms with E-state index < -0.39 is 0 Å². The van der Waals surface area contributed by atoms with Crippen molar-refractivity contribution in [2.75, 3.05) is 13.1 Å². The van der Waals surface area contributed by atoms with Crippen molar-refractivity contribution in [3.8, 4) is 0 Å². The largest absolute Gasteiger partial charge is 0.348 e. The predicted octanol–water partition coefficient (Wildman–Crippen LogP) is 0.807. The smallest absolute Gasteiger partial charge is 0.254 e. The average molecular weight is 259 g/mol. The third kappa shape index (κ3) is 3.71. The van der Waals surface area contributed by atoms with E-state index in [4.69, 9.17) is 0 Å². The summed E-state index contributed by atoms with van der Waals surface area (Å²) >= 11 is 0. The SMILES string of the molecule is CCn1cc(C(=O)NC2CCCNC2)cn1.Cl. The van der Waals surface area contributed by atoms with Crippen molar-refractivity contribution in [2.24, 2.45) is 0 Å². The molecule has 1 aliphatic rings. The lowest BCUT2D eigenvalue weighted by molar-refractivity contribution is 0.0930. The normalized spacial score (nSPS) is 19.5. The Morgan fingerprint density at radius 2 is 2.53 bits per heavy atom. The first-order valence-electron chi connectivity index (χ1n) is 5.83. The van der Waals surface area contributed by atoms with E-state index >= 15 is 0 Å². The molecule has 0 bridgehead atoms. The topological polar surface area (TPSA) is 59.0 Å². The summed E-state index contributed by atoms with van der Waals surface area (Å²) in [5.74, 6) is -0.0200. The number of halogens is 1. The number of nitrogens with one attached hydrogen (secondary N) is 2. The minimum Gasteiger partial charge on any atom is -0.348 e. The average Bonchev–Trinajstić information content (AvgIpc) is 2.79. The van der Waals surface area contributed by atoms with Crippen molar-refractivity contribution in [2.45, 2.75) is 32.4 Å². The molecule has 0 spiro atoms. The lowest BCUT2D eigenvalue weighted by atomic mass is 10.1. The molecule has 1 saturated heterocycles. The molecule has 2 rings (SSSR count). The summed E-state index contributed by atoms with van der Waals surface area (Å²) in [6, 6.07) is 0.256. The number of aromatic nitrogens is 2. The summed E-state index contributed by atoms with van der Waals surface area (Å²) in [4.78, 5) is 11.8. The van der Waals surface area contributed by atoms with Crippen molar-refractivity contribution < 1.29 is 4.79 Å². The Labute approximate surface area is 107 Å². The zero-order valence-electron chi connectivity index (χ0n) is 9.98. The van der Waals surface area contributed by atoms with Gasteiger partial charge in [-0.25, -0.2) is 0 Å². The fourth-order valence-corrected chi connectivity index (χ4v) is 1.90. The third-order valence-electron chi connectivity index (χ3n) is 2.85. The van der Waals surface area contributed by atoms with Crippen molar-refractivity contribution in [1.29, 1.82) is 0 Å². The molecule has 1 fully saturated rings. The van der Waals surface area contributed by atoms with E-state index in [9.17, 15) is 4.79 Å². The summed E-state index contributed by atoms with van der Waals surface area (Å²) in [5, 5.41) is 10.4. The van der Waals surface area contributed by atoms with Crippen LogP contribution in [0, 0.1) is 0 Å². The van der Waals surface area contributed by atoms with E-state index in [2.05, 4.69) is 15.7 Å². The molecule has 0 radical (unpaired) electrons. The van der Waals surface area contributed by atoms with Gasteiger partial charge >= 0.3 is 0 Å². The minimum absolute atomic E-state index is 0. The molecule has 2 heterocycles. The summed E-state index contributed by atoms with van der Waals surface area (Å²) < 4.78 is 1.76. The van der Waals surface area contributed by atoms with Crippen molar-refractivity contribution in [3.05, 3.63) is 18.0 Å². The number of aryl methyl sites for hydroxylation is 1. The number of amides is 1. The molecule has 0 aliphatic carbocycles. The third-order valence-corrected chi connectivity index (χ3v) is 2.85. The Hall–Kier alpha value is -1.07. The van der Waals surface area contributed by atoms with Gasteiger partial charge in [0.1, 0.15) is 0 Å². The summed E-state index contributed by atoms with van der Waals surface area (Å²) in [6.07, 6.45) is 5.58. The van der Waals surface area contributed by atoms with E-state index in [-0.39, 0.29) is 24.4 Å². The first-order valence-corrected chi connectivity index (χ1v) is 5.83. The van der Waals surface area contributed by atoms with Crippen LogP contribution in [0.4, 0.5) is 0 Å².